The Bertz CT molecular complexity index is 600. The van der Waals surface area contributed by atoms with Crippen LogP contribution >= 0.6 is 10.7 Å². The zero-order chi connectivity index (χ0) is 10.9. The van der Waals surface area contributed by atoms with Crippen molar-refractivity contribution < 1.29 is 8.42 Å². The molecule has 78 valence electrons. The summed E-state index contributed by atoms with van der Waals surface area (Å²) in [6, 6.07) is 3.23. The van der Waals surface area contributed by atoms with Crippen molar-refractivity contribution in [3.8, 4) is 0 Å². The van der Waals surface area contributed by atoms with Crippen LogP contribution in [0.3, 0.4) is 0 Å². The molecule has 0 amide bonds. The van der Waals surface area contributed by atoms with E-state index in [4.69, 9.17) is 10.7 Å². The highest BCUT2D eigenvalue weighted by molar-refractivity contribution is 8.13. The molecule has 5 nitrogen and oxygen atoms in total. The highest BCUT2D eigenvalue weighted by Crippen LogP contribution is 2.11. The van der Waals surface area contributed by atoms with Crippen LogP contribution in [0.4, 0.5) is 0 Å². The first-order chi connectivity index (χ1) is 7.04. The van der Waals surface area contributed by atoms with Crippen molar-refractivity contribution in [1.29, 1.82) is 0 Å². The summed E-state index contributed by atoms with van der Waals surface area (Å²) in [5, 5.41) is 0. The number of halogens is 1. The Labute approximate surface area is 90.6 Å². The van der Waals surface area contributed by atoms with Crippen LogP contribution in [-0.2, 0) is 14.8 Å². The van der Waals surface area contributed by atoms with Gasteiger partial charge in [0.15, 0.2) is 5.65 Å². The molecule has 2 aromatic rings. The first kappa shape index (κ1) is 10.3. The van der Waals surface area contributed by atoms with Gasteiger partial charge >= 0.3 is 0 Å². The van der Waals surface area contributed by atoms with E-state index in [1.807, 2.05) is 0 Å². The second-order valence-corrected chi connectivity index (χ2v) is 5.66. The predicted octanol–water partition coefficient (Wildman–Crippen LogP) is 1.09. The van der Waals surface area contributed by atoms with Crippen molar-refractivity contribution in [3.63, 3.8) is 0 Å². The van der Waals surface area contributed by atoms with Gasteiger partial charge in [0.1, 0.15) is 11.3 Å². The van der Waals surface area contributed by atoms with Gasteiger partial charge < -0.3 is 0 Å². The molecule has 2 aromatic heterocycles. The van der Waals surface area contributed by atoms with Crippen LogP contribution in [-0.4, -0.2) is 23.4 Å². The van der Waals surface area contributed by atoms with Gasteiger partial charge in [-0.25, -0.2) is 18.4 Å². The van der Waals surface area contributed by atoms with Gasteiger partial charge in [0, 0.05) is 23.1 Å². The van der Waals surface area contributed by atoms with Gasteiger partial charge in [-0.15, -0.1) is 0 Å². The molecule has 2 rings (SSSR count). The topological polar surface area (TPSA) is 72.8 Å². The summed E-state index contributed by atoms with van der Waals surface area (Å²) in [5.74, 6) is -0.304. The van der Waals surface area contributed by atoms with E-state index in [9.17, 15) is 8.42 Å². The quantitative estimate of drug-likeness (QED) is 0.739. The molecule has 0 fully saturated rings. The molecule has 2 heterocycles. The van der Waals surface area contributed by atoms with Crippen molar-refractivity contribution in [2.45, 2.75) is 5.75 Å². The van der Waals surface area contributed by atoms with E-state index in [2.05, 4.69) is 15.0 Å². The van der Waals surface area contributed by atoms with Crippen LogP contribution in [0.25, 0.3) is 11.2 Å². The normalized spacial score (nSPS) is 11.8. The van der Waals surface area contributed by atoms with Gasteiger partial charge in [-0.3, -0.25) is 4.98 Å². The van der Waals surface area contributed by atoms with E-state index in [0.29, 0.717) is 16.9 Å². The summed E-state index contributed by atoms with van der Waals surface area (Å²) >= 11 is 0. The molecule has 0 unspecified atom stereocenters. The number of pyridine rings is 1. The van der Waals surface area contributed by atoms with Gasteiger partial charge in [-0.05, 0) is 12.1 Å². The fourth-order valence-corrected chi connectivity index (χ4v) is 2.00. The fraction of sp³-hybridized carbons (Fsp3) is 0.125. The lowest BCUT2D eigenvalue weighted by atomic mass is 10.3. The van der Waals surface area contributed by atoms with E-state index in [1.165, 1.54) is 6.20 Å². The summed E-state index contributed by atoms with van der Waals surface area (Å²) in [6.07, 6.45) is 3.04. The molecule has 0 aliphatic carbocycles. The van der Waals surface area contributed by atoms with Gasteiger partial charge in [-0.2, -0.15) is 0 Å². The Kier molecular flexibility index (Phi) is 2.54. The van der Waals surface area contributed by atoms with Crippen molar-refractivity contribution in [2.75, 3.05) is 0 Å². The predicted molar refractivity (Wildman–Crippen MR) is 55.8 cm³/mol. The Hall–Kier alpha value is -1.27. The zero-order valence-corrected chi connectivity index (χ0v) is 9.03. The average Bonchev–Trinajstić information content (AvgIpc) is 2.15. The second-order valence-electron chi connectivity index (χ2n) is 2.88. The maximum atomic E-state index is 10.8. The van der Waals surface area contributed by atoms with Crippen LogP contribution < -0.4 is 0 Å². The molecule has 0 atom stereocenters. The van der Waals surface area contributed by atoms with Crippen LogP contribution in [0.15, 0.2) is 24.5 Å². The third kappa shape index (κ3) is 2.60. The largest absolute Gasteiger partial charge is 0.251 e. The van der Waals surface area contributed by atoms with E-state index in [1.54, 1.807) is 18.3 Å². The Balaban J connectivity index is 2.48. The molecule has 0 aliphatic rings. The summed E-state index contributed by atoms with van der Waals surface area (Å²) in [6.45, 7) is 0. The van der Waals surface area contributed by atoms with E-state index in [-0.39, 0.29) is 5.75 Å². The Morgan fingerprint density at radius 1 is 1.20 bits per heavy atom. The van der Waals surface area contributed by atoms with Crippen LogP contribution in [0, 0.1) is 0 Å². The number of rotatable bonds is 2. The lowest BCUT2D eigenvalue weighted by Crippen LogP contribution is -1.99. The molecule has 0 bridgehead atoms. The van der Waals surface area contributed by atoms with Gasteiger partial charge in [0.2, 0.25) is 9.05 Å². The summed E-state index contributed by atoms with van der Waals surface area (Å²) in [7, 11) is 1.53. The van der Waals surface area contributed by atoms with E-state index in [0.717, 1.165) is 0 Å². The minimum Gasteiger partial charge on any atom is -0.251 e. The second kappa shape index (κ2) is 3.71. The van der Waals surface area contributed by atoms with E-state index < -0.39 is 9.05 Å². The molecule has 7 heteroatoms. The maximum absolute atomic E-state index is 10.8. The monoisotopic (exact) mass is 243 g/mol. The third-order valence-corrected chi connectivity index (χ3v) is 2.68. The Morgan fingerprint density at radius 3 is 2.67 bits per heavy atom. The number of fused-ring (bicyclic) bond motifs is 1. The molecule has 0 N–H and O–H groups in total. The minimum atomic E-state index is -3.58. The van der Waals surface area contributed by atoms with Gasteiger partial charge in [0.25, 0.3) is 0 Å². The van der Waals surface area contributed by atoms with Crippen molar-refractivity contribution in [2.24, 2.45) is 0 Å². The number of hydrogen-bond acceptors (Lipinski definition) is 5. The van der Waals surface area contributed by atoms with Crippen LogP contribution in [0.1, 0.15) is 5.69 Å². The molecular weight excluding hydrogens is 238 g/mol. The van der Waals surface area contributed by atoms with Gasteiger partial charge in [-0.1, -0.05) is 0 Å². The fourth-order valence-electron chi connectivity index (χ4n) is 1.15. The average molecular weight is 244 g/mol. The molecule has 0 saturated heterocycles. The lowest BCUT2D eigenvalue weighted by Gasteiger charge is -1.98. The summed E-state index contributed by atoms with van der Waals surface area (Å²) in [5.41, 5.74) is 1.39. The third-order valence-electron chi connectivity index (χ3n) is 1.71. The van der Waals surface area contributed by atoms with Crippen molar-refractivity contribution >= 4 is 30.9 Å². The summed E-state index contributed by atoms with van der Waals surface area (Å²) in [4.78, 5) is 12.0. The van der Waals surface area contributed by atoms with Crippen LogP contribution in [0.2, 0.25) is 0 Å². The molecule has 0 aromatic carbocycles. The lowest BCUT2D eigenvalue weighted by molar-refractivity contribution is 0.608. The maximum Gasteiger partial charge on any atom is 0.238 e. The Morgan fingerprint density at radius 2 is 1.93 bits per heavy atom. The first-order valence-corrected chi connectivity index (χ1v) is 6.51. The number of hydrogen-bond donors (Lipinski definition) is 0. The van der Waals surface area contributed by atoms with Crippen molar-refractivity contribution in [1.82, 2.24) is 15.0 Å². The van der Waals surface area contributed by atoms with Crippen LogP contribution in [0.5, 0.6) is 0 Å². The number of nitrogens with zero attached hydrogens (tertiary/aromatic N) is 3. The standard InChI is InChI=1S/C8H6ClN3O2S/c9-15(13,14)5-6-1-2-7-8(12-6)11-4-3-10-7/h1-4H,5H2. The molecular formula is C8H6ClN3O2S. The molecule has 0 spiro atoms. The number of aromatic nitrogens is 3. The molecule has 0 aliphatic heterocycles. The molecule has 0 radical (unpaired) electrons. The summed E-state index contributed by atoms with van der Waals surface area (Å²) < 4.78 is 21.7. The van der Waals surface area contributed by atoms with E-state index >= 15 is 0 Å². The highest BCUT2D eigenvalue weighted by Gasteiger charge is 2.09. The van der Waals surface area contributed by atoms with Crippen molar-refractivity contribution in [3.05, 3.63) is 30.2 Å². The molecule has 15 heavy (non-hydrogen) atoms. The zero-order valence-electron chi connectivity index (χ0n) is 7.46. The smallest absolute Gasteiger partial charge is 0.238 e. The van der Waals surface area contributed by atoms with Gasteiger partial charge in [0.05, 0.1) is 5.69 Å². The molecule has 0 saturated carbocycles. The first-order valence-electron chi connectivity index (χ1n) is 4.03. The minimum absolute atomic E-state index is 0.304. The SMILES string of the molecule is O=S(=O)(Cl)Cc1ccc2nccnc2n1. The highest BCUT2D eigenvalue weighted by atomic mass is 35.7.